The Bertz CT molecular complexity index is 616. The SMILES string of the molecule is CN=C(NCc1ncc(C(C)(C)C)o1)NC(C)c1cccs1.I. The van der Waals surface area contributed by atoms with Gasteiger partial charge in [0, 0.05) is 17.3 Å². The first kappa shape index (κ1) is 20.0. The normalized spacial score (nSPS) is 13.3. The molecule has 0 bridgehead atoms. The van der Waals surface area contributed by atoms with E-state index >= 15 is 0 Å². The molecule has 2 N–H and O–H groups in total. The van der Waals surface area contributed by atoms with Gasteiger partial charge in [0.05, 0.1) is 18.8 Å². The van der Waals surface area contributed by atoms with Crippen molar-refractivity contribution in [2.75, 3.05) is 7.05 Å². The zero-order valence-electron chi connectivity index (χ0n) is 14.2. The number of nitrogens with one attached hydrogen (secondary N) is 2. The Kier molecular flexibility index (Phi) is 7.53. The number of hydrogen-bond acceptors (Lipinski definition) is 4. The Morgan fingerprint density at radius 1 is 1.43 bits per heavy atom. The van der Waals surface area contributed by atoms with E-state index in [0.29, 0.717) is 12.4 Å². The highest BCUT2D eigenvalue weighted by molar-refractivity contribution is 14.0. The number of guanidine groups is 1. The molecular weight excluding hydrogens is 423 g/mol. The molecule has 2 aromatic heterocycles. The van der Waals surface area contributed by atoms with E-state index in [-0.39, 0.29) is 35.4 Å². The lowest BCUT2D eigenvalue weighted by atomic mass is 9.94. The van der Waals surface area contributed by atoms with Crippen molar-refractivity contribution in [2.24, 2.45) is 4.99 Å². The van der Waals surface area contributed by atoms with Gasteiger partial charge in [-0.3, -0.25) is 4.99 Å². The minimum Gasteiger partial charge on any atom is -0.443 e. The second kappa shape index (κ2) is 8.68. The van der Waals surface area contributed by atoms with E-state index < -0.39 is 0 Å². The van der Waals surface area contributed by atoms with Gasteiger partial charge in [-0.15, -0.1) is 35.3 Å². The highest BCUT2D eigenvalue weighted by atomic mass is 127. The number of oxazole rings is 1. The summed E-state index contributed by atoms with van der Waals surface area (Å²) in [5, 5.41) is 8.66. The van der Waals surface area contributed by atoms with Crippen molar-refractivity contribution < 1.29 is 4.42 Å². The first-order valence-corrected chi connectivity index (χ1v) is 8.24. The maximum absolute atomic E-state index is 5.77. The second-order valence-electron chi connectivity index (χ2n) is 6.18. The summed E-state index contributed by atoms with van der Waals surface area (Å²) in [7, 11) is 1.76. The van der Waals surface area contributed by atoms with Crippen molar-refractivity contribution in [3.63, 3.8) is 0 Å². The minimum absolute atomic E-state index is 0. The zero-order chi connectivity index (χ0) is 16.2. The van der Waals surface area contributed by atoms with Gasteiger partial charge in [0.1, 0.15) is 5.76 Å². The van der Waals surface area contributed by atoms with Gasteiger partial charge >= 0.3 is 0 Å². The third-order valence-electron chi connectivity index (χ3n) is 3.25. The number of aliphatic imine (C=N–C) groups is 1. The molecular formula is C16H25IN4OS. The molecule has 1 unspecified atom stereocenters. The number of rotatable bonds is 4. The van der Waals surface area contributed by atoms with Crippen molar-refractivity contribution in [2.45, 2.75) is 45.7 Å². The van der Waals surface area contributed by atoms with Crippen LogP contribution in [0.5, 0.6) is 0 Å². The highest BCUT2D eigenvalue weighted by Crippen LogP contribution is 2.22. The highest BCUT2D eigenvalue weighted by Gasteiger charge is 2.19. The van der Waals surface area contributed by atoms with Crippen LogP contribution in [0.4, 0.5) is 0 Å². The first-order chi connectivity index (χ1) is 10.4. The van der Waals surface area contributed by atoms with E-state index in [4.69, 9.17) is 4.42 Å². The van der Waals surface area contributed by atoms with E-state index in [2.05, 4.69) is 65.8 Å². The van der Waals surface area contributed by atoms with Gasteiger partial charge in [0.25, 0.3) is 0 Å². The van der Waals surface area contributed by atoms with E-state index in [0.717, 1.165) is 11.7 Å². The van der Waals surface area contributed by atoms with Gasteiger partial charge in [-0.1, -0.05) is 26.8 Å². The molecule has 0 aliphatic heterocycles. The van der Waals surface area contributed by atoms with Crippen molar-refractivity contribution in [3.8, 4) is 0 Å². The molecule has 0 aromatic carbocycles. The van der Waals surface area contributed by atoms with Crippen molar-refractivity contribution in [3.05, 3.63) is 40.2 Å². The molecule has 2 aromatic rings. The molecule has 0 amide bonds. The van der Waals surface area contributed by atoms with Crippen LogP contribution < -0.4 is 10.6 Å². The lowest BCUT2D eigenvalue weighted by Crippen LogP contribution is -2.38. The largest absolute Gasteiger partial charge is 0.443 e. The van der Waals surface area contributed by atoms with E-state index in [1.807, 2.05) is 0 Å². The summed E-state index contributed by atoms with van der Waals surface area (Å²) < 4.78 is 5.77. The third kappa shape index (κ3) is 5.80. The van der Waals surface area contributed by atoms with Gasteiger partial charge in [0.2, 0.25) is 5.89 Å². The van der Waals surface area contributed by atoms with Crippen LogP contribution in [0.15, 0.2) is 33.1 Å². The van der Waals surface area contributed by atoms with Crippen LogP contribution in [0.1, 0.15) is 50.3 Å². The van der Waals surface area contributed by atoms with Crippen LogP contribution in [0.2, 0.25) is 0 Å². The molecule has 0 aliphatic rings. The predicted octanol–water partition coefficient (Wildman–Crippen LogP) is 4.08. The van der Waals surface area contributed by atoms with Gasteiger partial charge < -0.3 is 15.1 Å². The number of aromatic nitrogens is 1. The molecule has 2 rings (SSSR count). The Labute approximate surface area is 159 Å². The van der Waals surface area contributed by atoms with Crippen LogP contribution in [0, 0.1) is 0 Å². The van der Waals surface area contributed by atoms with Gasteiger partial charge in [0.15, 0.2) is 5.96 Å². The van der Waals surface area contributed by atoms with E-state index in [1.165, 1.54) is 4.88 Å². The quantitative estimate of drug-likeness (QED) is 0.421. The topological polar surface area (TPSA) is 62.5 Å². The summed E-state index contributed by atoms with van der Waals surface area (Å²) in [6.45, 7) is 8.93. The third-order valence-corrected chi connectivity index (χ3v) is 4.30. The molecule has 2 heterocycles. The Hall–Kier alpha value is -1.09. The standard InChI is InChI=1S/C16H24N4OS.HI/c1-11(12-7-6-8-22-12)20-15(17-5)19-10-14-18-9-13(21-14)16(2,3)4;/h6-9,11H,10H2,1-5H3,(H2,17,19,20);1H. The molecule has 0 spiro atoms. The monoisotopic (exact) mass is 448 g/mol. The zero-order valence-corrected chi connectivity index (χ0v) is 17.4. The van der Waals surface area contributed by atoms with Crippen LogP contribution >= 0.6 is 35.3 Å². The first-order valence-electron chi connectivity index (χ1n) is 7.36. The molecule has 23 heavy (non-hydrogen) atoms. The van der Waals surface area contributed by atoms with Gasteiger partial charge in [-0.25, -0.2) is 4.98 Å². The van der Waals surface area contributed by atoms with Crippen LogP contribution in [0.3, 0.4) is 0 Å². The maximum atomic E-state index is 5.77. The lowest BCUT2D eigenvalue weighted by Gasteiger charge is -2.16. The van der Waals surface area contributed by atoms with Gasteiger partial charge in [-0.05, 0) is 18.4 Å². The fourth-order valence-corrected chi connectivity index (χ4v) is 2.64. The molecule has 1 atom stereocenters. The minimum atomic E-state index is -0.0289. The number of hydrogen-bond donors (Lipinski definition) is 2. The molecule has 0 saturated heterocycles. The number of thiophene rings is 1. The van der Waals surface area contributed by atoms with Crippen molar-refractivity contribution >= 4 is 41.3 Å². The fraction of sp³-hybridized carbons (Fsp3) is 0.500. The van der Waals surface area contributed by atoms with Crippen molar-refractivity contribution in [1.82, 2.24) is 15.6 Å². The van der Waals surface area contributed by atoms with E-state index in [9.17, 15) is 0 Å². The molecule has 0 fully saturated rings. The second-order valence-corrected chi connectivity index (χ2v) is 7.15. The Morgan fingerprint density at radius 2 is 2.17 bits per heavy atom. The summed E-state index contributed by atoms with van der Waals surface area (Å²) in [6, 6.07) is 4.37. The number of nitrogens with zero attached hydrogens (tertiary/aromatic N) is 2. The summed E-state index contributed by atoms with van der Waals surface area (Å²) >= 11 is 1.73. The average molecular weight is 448 g/mol. The summed E-state index contributed by atoms with van der Waals surface area (Å²) in [6.07, 6.45) is 1.79. The molecule has 0 radical (unpaired) electrons. The average Bonchev–Trinajstić information content (AvgIpc) is 3.12. The summed E-state index contributed by atoms with van der Waals surface area (Å²) in [4.78, 5) is 9.82. The van der Waals surface area contributed by atoms with Crippen LogP contribution in [0.25, 0.3) is 0 Å². The molecule has 0 aliphatic carbocycles. The van der Waals surface area contributed by atoms with Crippen molar-refractivity contribution in [1.29, 1.82) is 0 Å². The smallest absolute Gasteiger partial charge is 0.213 e. The molecule has 128 valence electrons. The van der Waals surface area contributed by atoms with Gasteiger partial charge in [-0.2, -0.15) is 0 Å². The molecule has 7 heteroatoms. The Balaban J connectivity index is 0.00000264. The van der Waals surface area contributed by atoms with Crippen LogP contribution in [-0.2, 0) is 12.0 Å². The lowest BCUT2D eigenvalue weighted by molar-refractivity contribution is 0.379. The summed E-state index contributed by atoms with van der Waals surface area (Å²) in [5.41, 5.74) is -0.0289. The maximum Gasteiger partial charge on any atom is 0.213 e. The number of halogens is 1. The Morgan fingerprint density at radius 3 is 2.70 bits per heavy atom. The van der Waals surface area contributed by atoms with E-state index in [1.54, 1.807) is 24.6 Å². The summed E-state index contributed by atoms with van der Waals surface area (Å²) in [5.74, 6) is 2.28. The van der Waals surface area contributed by atoms with Crippen LogP contribution in [-0.4, -0.2) is 18.0 Å². The molecule has 5 nitrogen and oxygen atoms in total. The fourth-order valence-electron chi connectivity index (χ4n) is 1.91. The predicted molar refractivity (Wildman–Crippen MR) is 107 cm³/mol. The molecule has 0 saturated carbocycles.